The van der Waals surface area contributed by atoms with E-state index >= 15 is 0 Å². The van der Waals surface area contributed by atoms with Crippen molar-refractivity contribution in [1.29, 1.82) is 0 Å². The summed E-state index contributed by atoms with van der Waals surface area (Å²) >= 11 is 0. The van der Waals surface area contributed by atoms with Crippen molar-refractivity contribution in [2.45, 2.75) is 24.7 Å². The number of hydrogen-bond acceptors (Lipinski definition) is 4. The van der Waals surface area contributed by atoms with Crippen molar-refractivity contribution in [2.24, 2.45) is 5.73 Å². The Balaban J connectivity index is 2.44. The van der Waals surface area contributed by atoms with Crippen LogP contribution in [0.4, 0.5) is 0 Å². The van der Waals surface area contributed by atoms with Crippen molar-refractivity contribution in [3.05, 3.63) is 23.8 Å². The highest BCUT2D eigenvalue weighted by Crippen LogP contribution is 2.43. The molecule has 106 valence electrons. The minimum absolute atomic E-state index is 0.0485. The van der Waals surface area contributed by atoms with Crippen LogP contribution in [-0.2, 0) is 10.2 Å². The molecule has 0 aliphatic carbocycles. The molecule has 0 unspecified atom stereocenters. The zero-order valence-corrected chi connectivity index (χ0v) is 11.8. The van der Waals surface area contributed by atoms with E-state index in [2.05, 4.69) is 6.07 Å². The van der Waals surface area contributed by atoms with Crippen molar-refractivity contribution in [3.63, 3.8) is 0 Å². The van der Waals surface area contributed by atoms with E-state index in [4.69, 9.17) is 19.9 Å². The molecule has 1 fully saturated rings. The fourth-order valence-electron chi connectivity index (χ4n) is 2.92. The van der Waals surface area contributed by atoms with Gasteiger partial charge in [-0.15, -0.1) is 0 Å². The lowest BCUT2D eigenvalue weighted by atomic mass is 9.71. The number of methoxy groups -OCH3 is 2. The molecule has 2 N–H and O–H groups in total. The number of ether oxygens (including phenoxy) is 3. The zero-order chi connectivity index (χ0) is 13.7. The first-order chi connectivity index (χ1) is 9.25. The molecular formula is C15H23NO3. The van der Waals surface area contributed by atoms with Gasteiger partial charge in [-0.05, 0) is 44.0 Å². The first-order valence-corrected chi connectivity index (χ1v) is 6.76. The molecule has 1 aliphatic heterocycles. The van der Waals surface area contributed by atoms with Crippen LogP contribution in [0, 0.1) is 0 Å². The average Bonchev–Trinajstić information content (AvgIpc) is 2.48. The van der Waals surface area contributed by atoms with Gasteiger partial charge in [0.25, 0.3) is 0 Å². The van der Waals surface area contributed by atoms with Crippen LogP contribution < -0.4 is 15.2 Å². The number of nitrogens with two attached hydrogens (primary N) is 1. The quantitative estimate of drug-likeness (QED) is 0.886. The first kappa shape index (κ1) is 14.2. The average molecular weight is 265 g/mol. The van der Waals surface area contributed by atoms with Gasteiger partial charge in [-0.25, -0.2) is 0 Å². The summed E-state index contributed by atoms with van der Waals surface area (Å²) in [6, 6.07) is 5.99. The summed E-state index contributed by atoms with van der Waals surface area (Å²) in [5.41, 5.74) is 7.08. The molecule has 0 aromatic heterocycles. The maximum Gasteiger partial charge on any atom is 0.122 e. The Kier molecular flexibility index (Phi) is 4.66. The second-order valence-electron chi connectivity index (χ2n) is 5.00. The second kappa shape index (κ2) is 6.26. The van der Waals surface area contributed by atoms with Gasteiger partial charge in [-0.2, -0.15) is 0 Å². The van der Waals surface area contributed by atoms with Gasteiger partial charge < -0.3 is 19.9 Å². The van der Waals surface area contributed by atoms with Gasteiger partial charge in [0.05, 0.1) is 14.2 Å². The topological polar surface area (TPSA) is 53.7 Å². The maximum atomic E-state index is 5.83. The summed E-state index contributed by atoms with van der Waals surface area (Å²) in [6.07, 6.45) is 2.90. The van der Waals surface area contributed by atoms with Gasteiger partial charge in [-0.3, -0.25) is 0 Å². The largest absolute Gasteiger partial charge is 0.497 e. The highest BCUT2D eigenvalue weighted by atomic mass is 16.5. The zero-order valence-electron chi connectivity index (χ0n) is 11.8. The minimum atomic E-state index is 0.0485. The second-order valence-corrected chi connectivity index (χ2v) is 5.00. The van der Waals surface area contributed by atoms with E-state index in [0.29, 0.717) is 6.54 Å². The van der Waals surface area contributed by atoms with Crippen LogP contribution in [0.5, 0.6) is 11.5 Å². The van der Waals surface area contributed by atoms with Crippen LogP contribution >= 0.6 is 0 Å². The fourth-order valence-corrected chi connectivity index (χ4v) is 2.92. The SMILES string of the molecule is COc1ccc(OC)c(C2(CCN)CCOCC2)c1. The highest BCUT2D eigenvalue weighted by molar-refractivity contribution is 5.45. The predicted octanol–water partition coefficient (Wildman–Crippen LogP) is 2.10. The molecular weight excluding hydrogens is 242 g/mol. The van der Waals surface area contributed by atoms with Crippen molar-refractivity contribution < 1.29 is 14.2 Å². The van der Waals surface area contributed by atoms with Crippen molar-refractivity contribution in [1.82, 2.24) is 0 Å². The maximum absolute atomic E-state index is 5.83. The molecule has 1 aliphatic rings. The van der Waals surface area contributed by atoms with Crippen molar-refractivity contribution >= 4 is 0 Å². The lowest BCUT2D eigenvalue weighted by Crippen LogP contribution is -2.36. The van der Waals surface area contributed by atoms with Crippen LogP contribution in [0.2, 0.25) is 0 Å². The lowest BCUT2D eigenvalue weighted by molar-refractivity contribution is 0.0467. The number of benzene rings is 1. The standard InChI is InChI=1S/C15H23NO3/c1-17-12-3-4-14(18-2)13(11-12)15(5-8-16)6-9-19-10-7-15/h3-4,11H,5-10,16H2,1-2H3. The molecule has 4 heteroatoms. The summed E-state index contributed by atoms with van der Waals surface area (Å²) in [4.78, 5) is 0. The molecule has 1 heterocycles. The molecule has 0 atom stereocenters. The van der Waals surface area contributed by atoms with E-state index in [-0.39, 0.29) is 5.41 Å². The Bertz CT molecular complexity index is 408. The van der Waals surface area contributed by atoms with Crippen molar-refractivity contribution in [2.75, 3.05) is 34.0 Å². The molecule has 2 rings (SSSR count). The normalized spacial score (nSPS) is 18.1. The van der Waals surface area contributed by atoms with Crippen LogP contribution in [0.1, 0.15) is 24.8 Å². The molecule has 0 spiro atoms. The minimum Gasteiger partial charge on any atom is -0.497 e. The third kappa shape index (κ3) is 2.85. The van der Waals surface area contributed by atoms with Crippen LogP contribution in [0.3, 0.4) is 0 Å². The van der Waals surface area contributed by atoms with Crippen LogP contribution in [0.15, 0.2) is 18.2 Å². The van der Waals surface area contributed by atoms with Gasteiger partial charge in [0.15, 0.2) is 0 Å². The molecule has 19 heavy (non-hydrogen) atoms. The van der Waals surface area contributed by atoms with E-state index in [0.717, 1.165) is 44.0 Å². The summed E-state index contributed by atoms with van der Waals surface area (Å²) in [7, 11) is 3.39. The van der Waals surface area contributed by atoms with Crippen LogP contribution in [-0.4, -0.2) is 34.0 Å². The summed E-state index contributed by atoms with van der Waals surface area (Å²) < 4.78 is 16.4. The molecule has 1 aromatic carbocycles. The van der Waals surface area contributed by atoms with Gasteiger partial charge >= 0.3 is 0 Å². The predicted molar refractivity (Wildman–Crippen MR) is 74.9 cm³/mol. The smallest absolute Gasteiger partial charge is 0.122 e. The molecule has 1 saturated heterocycles. The highest BCUT2D eigenvalue weighted by Gasteiger charge is 2.36. The van der Waals surface area contributed by atoms with E-state index in [1.165, 1.54) is 5.56 Å². The summed E-state index contributed by atoms with van der Waals surface area (Å²) in [6.45, 7) is 2.22. The monoisotopic (exact) mass is 265 g/mol. The Morgan fingerprint density at radius 2 is 1.95 bits per heavy atom. The van der Waals surface area contributed by atoms with Gasteiger partial charge in [0, 0.05) is 24.2 Å². The van der Waals surface area contributed by atoms with E-state index in [9.17, 15) is 0 Å². The molecule has 0 radical (unpaired) electrons. The Labute approximate surface area is 114 Å². The Morgan fingerprint density at radius 3 is 2.53 bits per heavy atom. The molecule has 0 amide bonds. The van der Waals surface area contributed by atoms with Gasteiger partial charge in [0.1, 0.15) is 11.5 Å². The van der Waals surface area contributed by atoms with Gasteiger partial charge in [0.2, 0.25) is 0 Å². The summed E-state index contributed by atoms with van der Waals surface area (Å²) in [5, 5.41) is 0. The molecule has 0 saturated carbocycles. The third-order valence-corrected chi connectivity index (χ3v) is 4.05. The third-order valence-electron chi connectivity index (χ3n) is 4.05. The Hall–Kier alpha value is -1.26. The Morgan fingerprint density at radius 1 is 1.21 bits per heavy atom. The van der Waals surface area contributed by atoms with Crippen molar-refractivity contribution in [3.8, 4) is 11.5 Å². The lowest BCUT2D eigenvalue weighted by Gasteiger charge is -2.38. The van der Waals surface area contributed by atoms with E-state index < -0.39 is 0 Å². The van der Waals surface area contributed by atoms with Gasteiger partial charge in [-0.1, -0.05) is 0 Å². The number of hydrogen-bond donors (Lipinski definition) is 1. The molecule has 1 aromatic rings. The molecule has 4 nitrogen and oxygen atoms in total. The summed E-state index contributed by atoms with van der Waals surface area (Å²) in [5.74, 6) is 1.77. The number of rotatable bonds is 5. The fraction of sp³-hybridized carbons (Fsp3) is 0.600. The van der Waals surface area contributed by atoms with Crippen LogP contribution in [0.25, 0.3) is 0 Å². The van der Waals surface area contributed by atoms with E-state index in [1.54, 1.807) is 14.2 Å². The van der Waals surface area contributed by atoms with E-state index in [1.807, 2.05) is 12.1 Å². The first-order valence-electron chi connectivity index (χ1n) is 6.76. The molecule has 0 bridgehead atoms.